The summed E-state index contributed by atoms with van der Waals surface area (Å²) in [7, 11) is 0. The van der Waals surface area contributed by atoms with Crippen LogP contribution < -0.4 is 16.0 Å². The van der Waals surface area contributed by atoms with Crippen molar-refractivity contribution >= 4 is 23.4 Å². The average molecular weight is 475 g/mol. The lowest BCUT2D eigenvalue weighted by molar-refractivity contribution is 0.0932. The molecule has 7 heteroatoms. The number of hydrogen-bond acceptors (Lipinski definition) is 5. The number of hydrogen-bond donors (Lipinski definition) is 2. The predicted molar refractivity (Wildman–Crippen MR) is 135 cm³/mol. The fourth-order valence-electron chi connectivity index (χ4n) is 5.95. The Morgan fingerprint density at radius 3 is 2.57 bits per heavy atom. The maximum absolute atomic E-state index is 13.2. The van der Waals surface area contributed by atoms with Crippen molar-refractivity contribution in [2.45, 2.75) is 70.9 Å². The average Bonchev–Trinajstić information content (AvgIpc) is 3.62. The zero-order chi connectivity index (χ0) is 24.7. The van der Waals surface area contributed by atoms with Gasteiger partial charge < -0.3 is 16.0 Å². The summed E-state index contributed by atoms with van der Waals surface area (Å²) in [5.41, 5.74) is 8.89. The van der Waals surface area contributed by atoms with Crippen LogP contribution in [-0.4, -0.2) is 41.2 Å². The third kappa shape index (κ3) is 4.68. The van der Waals surface area contributed by atoms with E-state index >= 15 is 0 Å². The number of carbonyl (C=O) groups is 3. The van der Waals surface area contributed by atoms with E-state index in [0.717, 1.165) is 62.0 Å². The number of nitrogens with one attached hydrogen (secondary N) is 1. The highest BCUT2D eigenvalue weighted by atomic mass is 16.2. The Morgan fingerprint density at radius 2 is 1.91 bits per heavy atom. The number of piperidine rings is 1. The van der Waals surface area contributed by atoms with Crippen molar-refractivity contribution in [2.24, 2.45) is 17.6 Å². The largest absolute Gasteiger partial charge is 0.366 e. The molecule has 3 atom stereocenters. The lowest BCUT2D eigenvalue weighted by Gasteiger charge is -2.38. The second-order valence-corrected chi connectivity index (χ2v) is 10.4. The zero-order valence-corrected chi connectivity index (χ0v) is 20.5. The lowest BCUT2D eigenvalue weighted by atomic mass is 9.92. The molecule has 0 radical (unpaired) electrons. The molecule has 3 fully saturated rings. The molecule has 1 aromatic heterocycles. The molecule has 5 rings (SSSR count). The number of amides is 2. The number of aryl methyl sites for hydroxylation is 2. The third-order valence-electron chi connectivity index (χ3n) is 7.98. The van der Waals surface area contributed by atoms with E-state index in [1.54, 1.807) is 12.3 Å². The van der Waals surface area contributed by atoms with Crippen molar-refractivity contribution in [2.75, 3.05) is 11.4 Å². The van der Waals surface area contributed by atoms with Crippen molar-refractivity contribution in [3.63, 3.8) is 0 Å². The molecule has 184 valence electrons. The molecule has 2 aliphatic carbocycles. The number of aromatic nitrogens is 1. The van der Waals surface area contributed by atoms with Gasteiger partial charge in [0.25, 0.3) is 5.91 Å². The Morgan fingerprint density at radius 1 is 1.11 bits per heavy atom. The lowest BCUT2D eigenvalue weighted by Crippen LogP contribution is -2.43. The molecule has 1 aromatic carbocycles. The van der Waals surface area contributed by atoms with Gasteiger partial charge in [0.2, 0.25) is 5.91 Å². The molecule has 3 aliphatic rings. The van der Waals surface area contributed by atoms with Crippen LogP contribution in [-0.2, 0) is 6.42 Å². The van der Waals surface area contributed by atoms with Crippen molar-refractivity contribution in [3.05, 3.63) is 58.3 Å². The van der Waals surface area contributed by atoms with Gasteiger partial charge in [0, 0.05) is 47.4 Å². The summed E-state index contributed by atoms with van der Waals surface area (Å²) in [4.78, 5) is 44.3. The highest BCUT2D eigenvalue weighted by Gasteiger charge is 2.41. The number of primary amides is 1. The Labute approximate surface area is 206 Å². The quantitative estimate of drug-likeness (QED) is 0.594. The van der Waals surface area contributed by atoms with Gasteiger partial charge in [-0.3, -0.25) is 14.4 Å². The number of nitrogens with two attached hydrogens (primary N) is 1. The van der Waals surface area contributed by atoms with Crippen LogP contribution >= 0.6 is 0 Å². The van der Waals surface area contributed by atoms with Crippen molar-refractivity contribution in [1.29, 1.82) is 0 Å². The van der Waals surface area contributed by atoms with Crippen LogP contribution in [0.1, 0.15) is 87.6 Å². The summed E-state index contributed by atoms with van der Waals surface area (Å²) in [6, 6.07) is 7.87. The number of benzene rings is 1. The first-order valence-corrected chi connectivity index (χ1v) is 12.9. The molecule has 35 heavy (non-hydrogen) atoms. The van der Waals surface area contributed by atoms with Gasteiger partial charge in [0.1, 0.15) is 5.82 Å². The first-order chi connectivity index (χ1) is 16.9. The summed E-state index contributed by atoms with van der Waals surface area (Å²) in [5, 5.41) is 3.26. The second kappa shape index (κ2) is 9.44. The number of Topliss-reactive ketones (excluding diaryl/α,β-unsaturated/α-hetero) is 1. The monoisotopic (exact) mass is 474 g/mol. The number of fused-ring (bicyclic) bond motifs is 1. The number of pyridine rings is 1. The van der Waals surface area contributed by atoms with Gasteiger partial charge in [-0.15, -0.1) is 0 Å². The Balaban J connectivity index is 1.28. The van der Waals surface area contributed by atoms with Gasteiger partial charge in [-0.25, -0.2) is 4.98 Å². The second-order valence-electron chi connectivity index (χ2n) is 10.4. The van der Waals surface area contributed by atoms with E-state index in [1.165, 1.54) is 0 Å². The molecular formula is C28H34N4O3. The highest BCUT2D eigenvalue weighted by Crippen LogP contribution is 2.39. The minimum absolute atomic E-state index is 0.0918. The number of rotatable bonds is 7. The standard InChI is InChI=1S/C28H34N4O3/c1-3-17-13-22(16(2)11-23(17)27(29)34)28(35)31-21-12-19-5-4-10-32(24(19)14-21)25-9-8-20(15-30-25)26(33)18-6-7-18/h8-9,11,13,15,18-19,21,24H,3-7,10,12,14H2,1-2H3,(H2,29,34)(H,31,35). The summed E-state index contributed by atoms with van der Waals surface area (Å²) in [6.07, 6.45) is 8.44. The Hall–Kier alpha value is -3.22. The van der Waals surface area contributed by atoms with Crippen LogP contribution in [0.4, 0.5) is 5.82 Å². The van der Waals surface area contributed by atoms with Crippen LogP contribution in [0.2, 0.25) is 0 Å². The molecule has 2 aromatic rings. The van der Waals surface area contributed by atoms with Gasteiger partial charge in [-0.2, -0.15) is 0 Å². The van der Waals surface area contributed by atoms with E-state index in [4.69, 9.17) is 5.73 Å². The van der Waals surface area contributed by atoms with E-state index in [1.807, 2.05) is 32.0 Å². The van der Waals surface area contributed by atoms with E-state index < -0.39 is 5.91 Å². The molecular weight excluding hydrogens is 440 g/mol. The van der Waals surface area contributed by atoms with E-state index in [-0.39, 0.29) is 23.7 Å². The Kier molecular flexibility index (Phi) is 6.34. The number of ketones is 1. The van der Waals surface area contributed by atoms with Crippen molar-refractivity contribution < 1.29 is 14.4 Å². The summed E-state index contributed by atoms with van der Waals surface area (Å²) in [5.74, 6) is 1.29. The fourth-order valence-corrected chi connectivity index (χ4v) is 5.95. The SMILES string of the molecule is CCc1cc(C(=O)NC2CC3CCCN(c4ccc(C(=O)C5CC5)cn4)C3C2)c(C)cc1C(N)=O. The van der Waals surface area contributed by atoms with Crippen molar-refractivity contribution in [3.8, 4) is 0 Å². The van der Waals surface area contributed by atoms with E-state index in [0.29, 0.717) is 35.1 Å². The summed E-state index contributed by atoms with van der Waals surface area (Å²) in [6.45, 7) is 4.75. The van der Waals surface area contributed by atoms with Crippen LogP contribution in [0.25, 0.3) is 0 Å². The van der Waals surface area contributed by atoms with Gasteiger partial charge in [-0.1, -0.05) is 6.92 Å². The Bertz CT molecular complexity index is 1160. The number of anilines is 1. The molecule has 2 saturated carbocycles. The molecule has 1 aliphatic heterocycles. The normalized spacial score (nSPS) is 23.6. The minimum Gasteiger partial charge on any atom is -0.366 e. The van der Waals surface area contributed by atoms with Crippen LogP contribution in [0.5, 0.6) is 0 Å². The van der Waals surface area contributed by atoms with Crippen LogP contribution in [0.15, 0.2) is 30.5 Å². The van der Waals surface area contributed by atoms with E-state index in [2.05, 4.69) is 15.2 Å². The number of carbonyl (C=O) groups excluding carboxylic acids is 3. The van der Waals surface area contributed by atoms with Crippen molar-refractivity contribution in [1.82, 2.24) is 10.3 Å². The zero-order valence-electron chi connectivity index (χ0n) is 20.5. The van der Waals surface area contributed by atoms with Gasteiger partial charge in [-0.05, 0) is 93.2 Å². The number of nitrogens with zero attached hydrogens (tertiary/aromatic N) is 2. The van der Waals surface area contributed by atoms with Gasteiger partial charge >= 0.3 is 0 Å². The molecule has 2 amide bonds. The molecule has 0 spiro atoms. The van der Waals surface area contributed by atoms with Gasteiger partial charge in [0.05, 0.1) is 0 Å². The summed E-state index contributed by atoms with van der Waals surface area (Å²) >= 11 is 0. The smallest absolute Gasteiger partial charge is 0.251 e. The molecule has 3 unspecified atom stereocenters. The van der Waals surface area contributed by atoms with E-state index in [9.17, 15) is 14.4 Å². The first-order valence-electron chi connectivity index (χ1n) is 12.9. The minimum atomic E-state index is -0.463. The van der Waals surface area contributed by atoms with Gasteiger partial charge in [0.15, 0.2) is 5.78 Å². The maximum atomic E-state index is 13.2. The molecule has 7 nitrogen and oxygen atoms in total. The molecule has 1 saturated heterocycles. The fraction of sp³-hybridized carbons (Fsp3) is 0.500. The molecule has 2 heterocycles. The molecule has 0 bridgehead atoms. The van der Waals surface area contributed by atoms with Crippen LogP contribution in [0.3, 0.4) is 0 Å². The summed E-state index contributed by atoms with van der Waals surface area (Å²) < 4.78 is 0. The predicted octanol–water partition coefficient (Wildman–Crippen LogP) is 3.82. The first kappa shape index (κ1) is 23.5. The highest BCUT2D eigenvalue weighted by molar-refractivity contribution is 6.00. The maximum Gasteiger partial charge on any atom is 0.251 e. The topological polar surface area (TPSA) is 105 Å². The molecule has 3 N–H and O–H groups in total. The third-order valence-corrected chi connectivity index (χ3v) is 7.98. The van der Waals surface area contributed by atoms with Crippen LogP contribution in [0, 0.1) is 18.8 Å².